The number of benzene rings is 2. The summed E-state index contributed by atoms with van der Waals surface area (Å²) in [6.45, 7) is 9.65. The van der Waals surface area contributed by atoms with Gasteiger partial charge in [0.2, 0.25) is 5.91 Å². The van der Waals surface area contributed by atoms with Crippen LogP contribution in [0.2, 0.25) is 0 Å². The first-order chi connectivity index (χ1) is 19.8. The molecule has 2 aliphatic rings. The smallest absolute Gasteiger partial charge is 0.376 e. The first kappa shape index (κ1) is 30.0. The van der Waals surface area contributed by atoms with Crippen LogP contribution in [-0.4, -0.2) is 64.0 Å². The van der Waals surface area contributed by atoms with Crippen LogP contribution in [0.5, 0.6) is 0 Å². The number of carbonyl (C=O) groups excluding carboxylic acids is 1. The first-order valence-corrected chi connectivity index (χ1v) is 14.4. The van der Waals surface area contributed by atoms with Crippen molar-refractivity contribution in [3.05, 3.63) is 64.6 Å². The molecule has 42 heavy (non-hydrogen) atoms. The molecule has 1 unspecified atom stereocenters. The van der Waals surface area contributed by atoms with Crippen molar-refractivity contribution in [2.24, 2.45) is 0 Å². The third-order valence-electron chi connectivity index (χ3n) is 7.55. The Morgan fingerprint density at radius 1 is 1.17 bits per heavy atom. The number of hydrogen-bond donors (Lipinski definition) is 0. The van der Waals surface area contributed by atoms with E-state index in [4.69, 9.17) is 4.74 Å². The number of aromatic nitrogens is 2. The number of carbonyl (C=O) groups is 1. The van der Waals surface area contributed by atoms with Gasteiger partial charge in [0.05, 0.1) is 23.7 Å². The molecule has 0 aliphatic carbocycles. The summed E-state index contributed by atoms with van der Waals surface area (Å²) in [4.78, 5) is 33.7. The van der Waals surface area contributed by atoms with E-state index in [-0.39, 0.29) is 65.0 Å². The Bertz CT molecular complexity index is 1610. The average Bonchev–Trinajstić information content (AvgIpc) is 3.10. The van der Waals surface area contributed by atoms with Crippen LogP contribution in [0.4, 0.5) is 27.8 Å². The number of rotatable bonds is 5. The minimum Gasteiger partial charge on any atom is -0.376 e. The highest BCUT2D eigenvalue weighted by Gasteiger charge is 2.40. The SMILES string of the molecule is C=CC(=O)N1[C@H](C)CN(c2nc(=O)n3c4c(c(-c5ccc(F)cc5F)c(C(F)(F)F)cc24)SCC(OCC)C3)C[C@@H]1C. The molecule has 13 heteroatoms. The van der Waals surface area contributed by atoms with E-state index in [1.54, 1.807) is 30.6 Å². The zero-order valence-corrected chi connectivity index (χ0v) is 24.0. The number of halogens is 5. The van der Waals surface area contributed by atoms with E-state index in [2.05, 4.69) is 11.6 Å². The van der Waals surface area contributed by atoms with Gasteiger partial charge in [-0.05, 0) is 45.0 Å². The summed E-state index contributed by atoms with van der Waals surface area (Å²) < 4.78 is 80.3. The topological polar surface area (TPSA) is 67.7 Å². The van der Waals surface area contributed by atoms with Crippen LogP contribution in [0.25, 0.3) is 22.0 Å². The van der Waals surface area contributed by atoms with Crippen molar-refractivity contribution < 1.29 is 31.5 Å². The summed E-state index contributed by atoms with van der Waals surface area (Å²) >= 11 is 1.03. The predicted octanol–water partition coefficient (Wildman–Crippen LogP) is 5.48. The lowest BCUT2D eigenvalue weighted by atomic mass is 9.95. The average molecular weight is 609 g/mol. The van der Waals surface area contributed by atoms with Gasteiger partial charge in [-0.1, -0.05) is 6.58 Å². The van der Waals surface area contributed by atoms with Gasteiger partial charge in [-0.25, -0.2) is 13.6 Å². The van der Waals surface area contributed by atoms with E-state index in [1.807, 2.05) is 0 Å². The van der Waals surface area contributed by atoms with Crippen LogP contribution in [0, 0.1) is 11.6 Å². The van der Waals surface area contributed by atoms with Crippen molar-refractivity contribution in [1.29, 1.82) is 0 Å². The number of hydrogen-bond acceptors (Lipinski definition) is 6. The highest BCUT2D eigenvalue weighted by atomic mass is 32.2. The molecule has 1 aromatic heterocycles. The number of alkyl halides is 3. The molecule has 1 saturated heterocycles. The number of anilines is 1. The first-order valence-electron chi connectivity index (χ1n) is 13.4. The standard InChI is InChI=1S/C29H29F5N4O3S/c1-5-23(39)38-15(3)11-36(12-16(38)4)27-20-10-21(29(32,33)34)24(19-8-7-17(30)9-22(19)31)26-25(20)37(28(40)35-27)13-18(14-42-26)41-6-2/h5,7-10,15-16,18H,1,6,11-14H2,2-4H3/t15-,16+,18?. The molecule has 2 aliphatic heterocycles. The quantitative estimate of drug-likeness (QED) is 0.282. The van der Waals surface area contributed by atoms with Crippen molar-refractivity contribution in [3.63, 3.8) is 0 Å². The Balaban J connectivity index is 1.83. The molecule has 1 fully saturated rings. The Morgan fingerprint density at radius 3 is 2.45 bits per heavy atom. The maximum atomic E-state index is 15.1. The van der Waals surface area contributed by atoms with E-state index in [0.29, 0.717) is 12.7 Å². The third-order valence-corrected chi connectivity index (χ3v) is 8.78. The van der Waals surface area contributed by atoms with Gasteiger partial charge in [0, 0.05) is 65.0 Å². The number of piperazine rings is 1. The van der Waals surface area contributed by atoms with Crippen LogP contribution < -0.4 is 10.6 Å². The fourth-order valence-corrected chi connectivity index (χ4v) is 7.21. The summed E-state index contributed by atoms with van der Waals surface area (Å²) in [6, 6.07) is 2.59. The normalized spacial score (nSPS) is 21.0. The van der Waals surface area contributed by atoms with Gasteiger partial charge < -0.3 is 14.5 Å². The summed E-state index contributed by atoms with van der Waals surface area (Å²) in [5, 5.41) is 0.0655. The van der Waals surface area contributed by atoms with Crippen LogP contribution in [0.15, 0.2) is 46.6 Å². The Kier molecular flexibility index (Phi) is 8.10. The predicted molar refractivity (Wildman–Crippen MR) is 151 cm³/mol. The lowest BCUT2D eigenvalue weighted by Gasteiger charge is -2.44. The Labute approximate surface area is 242 Å². The van der Waals surface area contributed by atoms with Crippen LogP contribution in [-0.2, 0) is 22.3 Å². The van der Waals surface area contributed by atoms with E-state index >= 15 is 4.39 Å². The third kappa shape index (κ3) is 5.28. The van der Waals surface area contributed by atoms with Crippen molar-refractivity contribution in [2.45, 2.75) is 56.6 Å². The van der Waals surface area contributed by atoms with Crippen LogP contribution >= 0.6 is 11.8 Å². The van der Waals surface area contributed by atoms with Gasteiger partial charge >= 0.3 is 11.9 Å². The van der Waals surface area contributed by atoms with E-state index in [0.717, 1.165) is 30.0 Å². The molecule has 0 saturated carbocycles. The lowest BCUT2D eigenvalue weighted by molar-refractivity contribution is -0.137. The molecule has 1 amide bonds. The van der Waals surface area contributed by atoms with E-state index in [1.165, 1.54) is 10.6 Å². The molecule has 2 aromatic carbocycles. The minimum absolute atomic E-state index is 0.0293. The molecule has 0 spiro atoms. The van der Waals surface area contributed by atoms with E-state index in [9.17, 15) is 27.2 Å². The molecule has 0 bridgehead atoms. The molecular formula is C29H29F5N4O3S. The summed E-state index contributed by atoms with van der Waals surface area (Å²) in [6.07, 6.45) is -4.26. The lowest BCUT2D eigenvalue weighted by Crippen LogP contribution is -2.58. The highest BCUT2D eigenvalue weighted by molar-refractivity contribution is 7.99. The van der Waals surface area contributed by atoms with Crippen molar-refractivity contribution in [3.8, 4) is 11.1 Å². The summed E-state index contributed by atoms with van der Waals surface area (Å²) in [7, 11) is 0. The van der Waals surface area contributed by atoms with Gasteiger partial charge in [0.15, 0.2) is 0 Å². The number of thioether (sulfide) groups is 1. The van der Waals surface area contributed by atoms with Crippen molar-refractivity contribution >= 4 is 34.4 Å². The van der Waals surface area contributed by atoms with Gasteiger partial charge in [-0.3, -0.25) is 9.36 Å². The van der Waals surface area contributed by atoms with Crippen LogP contribution in [0.3, 0.4) is 0 Å². The molecule has 3 atom stereocenters. The largest absolute Gasteiger partial charge is 0.417 e. The second-order valence-electron chi connectivity index (χ2n) is 10.4. The molecule has 3 aromatic rings. The summed E-state index contributed by atoms with van der Waals surface area (Å²) in [5.74, 6) is -2.13. The zero-order valence-electron chi connectivity index (χ0n) is 23.2. The molecule has 7 nitrogen and oxygen atoms in total. The fourth-order valence-electron chi connectivity index (χ4n) is 5.93. The highest BCUT2D eigenvalue weighted by Crippen LogP contribution is 2.49. The van der Waals surface area contributed by atoms with Gasteiger partial charge in [-0.15, -0.1) is 11.8 Å². The van der Waals surface area contributed by atoms with Crippen molar-refractivity contribution in [2.75, 3.05) is 30.3 Å². The minimum atomic E-state index is -4.93. The maximum Gasteiger partial charge on any atom is 0.417 e. The van der Waals surface area contributed by atoms with Crippen LogP contribution in [0.1, 0.15) is 26.3 Å². The molecule has 5 rings (SSSR count). The molecule has 0 N–H and O–H groups in total. The number of nitrogens with zero attached hydrogens (tertiary/aromatic N) is 4. The van der Waals surface area contributed by atoms with Gasteiger partial charge in [0.25, 0.3) is 0 Å². The number of amides is 1. The van der Waals surface area contributed by atoms with Gasteiger partial charge in [-0.2, -0.15) is 18.2 Å². The second kappa shape index (κ2) is 11.3. The van der Waals surface area contributed by atoms with Crippen molar-refractivity contribution in [1.82, 2.24) is 14.5 Å². The zero-order chi connectivity index (χ0) is 30.5. The molecule has 224 valence electrons. The van der Waals surface area contributed by atoms with E-state index < -0.39 is 46.3 Å². The second-order valence-corrected chi connectivity index (χ2v) is 11.4. The maximum absolute atomic E-state index is 15.1. The van der Waals surface area contributed by atoms with Gasteiger partial charge in [0.1, 0.15) is 17.5 Å². The molecule has 0 radical (unpaired) electrons. The molecule has 3 heterocycles. The summed E-state index contributed by atoms with van der Waals surface area (Å²) in [5.41, 5.74) is -2.55. The molecular weight excluding hydrogens is 579 g/mol. The number of ether oxygens (including phenoxy) is 1. The monoisotopic (exact) mass is 608 g/mol. The Hall–Kier alpha value is -3.45. The fraction of sp³-hybridized carbons (Fsp3) is 0.414. The Morgan fingerprint density at radius 2 is 1.86 bits per heavy atom.